The number of aryl methyl sites for hydroxylation is 2. The normalized spacial score (nSPS) is 26.1. The van der Waals surface area contributed by atoms with E-state index in [-0.39, 0.29) is 18.0 Å². The second-order valence-electron chi connectivity index (χ2n) is 10.0. The molecule has 5 rings (SSSR count). The number of nitriles is 1. The molecular formula is C23H30F2N8S. The molecule has 1 aliphatic carbocycles. The third kappa shape index (κ3) is 4.46. The van der Waals surface area contributed by atoms with Crippen molar-refractivity contribution in [2.24, 2.45) is 5.92 Å². The molecule has 0 aromatic carbocycles. The number of nitrogens with one attached hydrogen (secondary N) is 1. The summed E-state index contributed by atoms with van der Waals surface area (Å²) < 4.78 is 31.1. The van der Waals surface area contributed by atoms with Crippen molar-refractivity contribution in [2.75, 3.05) is 49.5 Å². The molecule has 2 aromatic heterocycles. The lowest BCUT2D eigenvalue weighted by Crippen LogP contribution is -2.73. The van der Waals surface area contributed by atoms with Gasteiger partial charge in [0, 0.05) is 69.4 Å². The van der Waals surface area contributed by atoms with Crippen LogP contribution < -0.4 is 10.2 Å². The first-order chi connectivity index (χ1) is 16.2. The van der Waals surface area contributed by atoms with Gasteiger partial charge in [-0.3, -0.25) is 9.80 Å². The summed E-state index contributed by atoms with van der Waals surface area (Å²) in [5.74, 6) is -1.57. The molecule has 2 saturated heterocycles. The summed E-state index contributed by atoms with van der Waals surface area (Å²) in [7, 11) is 0. The molecule has 0 spiro atoms. The number of rotatable bonds is 7. The first-order valence-corrected chi connectivity index (χ1v) is 12.5. The van der Waals surface area contributed by atoms with Gasteiger partial charge in [0.2, 0.25) is 5.95 Å². The number of nitrogens with zero attached hydrogens (tertiary/aromatic N) is 7. The molecular weight excluding hydrogens is 458 g/mol. The summed E-state index contributed by atoms with van der Waals surface area (Å²) in [5.41, 5.74) is 1.70. The predicted molar refractivity (Wildman–Crippen MR) is 128 cm³/mol. The van der Waals surface area contributed by atoms with Crippen molar-refractivity contribution in [1.29, 1.82) is 5.26 Å². The van der Waals surface area contributed by atoms with Crippen LogP contribution in [-0.2, 0) is 0 Å². The van der Waals surface area contributed by atoms with Gasteiger partial charge in [-0.05, 0) is 38.4 Å². The Morgan fingerprint density at radius 2 is 2.06 bits per heavy atom. The fourth-order valence-corrected chi connectivity index (χ4v) is 5.83. The number of piperazine rings is 1. The molecule has 1 N–H and O–H groups in total. The molecule has 182 valence electrons. The maximum atomic E-state index is 13.4. The Bertz CT molecular complexity index is 1090. The third-order valence-electron chi connectivity index (χ3n) is 7.33. The number of aromatic nitrogens is 3. The molecule has 0 amide bonds. The Labute approximate surface area is 202 Å². The highest BCUT2D eigenvalue weighted by molar-refractivity contribution is 7.10. The standard InChI is InChI=1S/C23H30F2N8S/c1-15-10-27-21(28-19-8-16(2)30-34-19)29-20(15)32-13-22(14-32,4-5-26)33-7-6-31(17(3)11-33)12-18-9-23(18,24)25/h8,10,17-18H,4,6-7,9,11-14H2,1-3H3,(H,27,28,29). The molecule has 2 unspecified atom stereocenters. The topological polar surface area (TPSA) is 84.2 Å². The van der Waals surface area contributed by atoms with Crippen LogP contribution in [0.1, 0.15) is 31.0 Å². The monoisotopic (exact) mass is 488 g/mol. The van der Waals surface area contributed by atoms with Gasteiger partial charge < -0.3 is 10.2 Å². The van der Waals surface area contributed by atoms with Crippen molar-refractivity contribution >= 4 is 28.3 Å². The van der Waals surface area contributed by atoms with Crippen molar-refractivity contribution in [3.63, 3.8) is 0 Å². The van der Waals surface area contributed by atoms with Crippen LogP contribution in [0.25, 0.3) is 0 Å². The number of alkyl halides is 2. The number of halogens is 2. The largest absolute Gasteiger partial charge is 0.352 e. The second kappa shape index (κ2) is 8.66. The van der Waals surface area contributed by atoms with E-state index in [9.17, 15) is 14.0 Å². The minimum absolute atomic E-state index is 0.0188. The summed E-state index contributed by atoms with van der Waals surface area (Å²) >= 11 is 1.37. The van der Waals surface area contributed by atoms with E-state index < -0.39 is 11.8 Å². The van der Waals surface area contributed by atoms with Crippen LogP contribution in [0.15, 0.2) is 12.3 Å². The maximum absolute atomic E-state index is 13.4. The lowest BCUT2D eigenvalue weighted by atomic mass is 9.83. The fraction of sp³-hybridized carbons (Fsp3) is 0.652. The van der Waals surface area contributed by atoms with Crippen molar-refractivity contribution in [2.45, 2.75) is 51.1 Å². The van der Waals surface area contributed by atoms with E-state index in [1.165, 1.54) is 11.5 Å². The zero-order valence-corrected chi connectivity index (χ0v) is 20.6. The lowest BCUT2D eigenvalue weighted by Gasteiger charge is -2.58. The Morgan fingerprint density at radius 3 is 2.68 bits per heavy atom. The van der Waals surface area contributed by atoms with E-state index in [0.717, 1.165) is 41.7 Å². The average molecular weight is 489 g/mol. The summed E-state index contributed by atoms with van der Waals surface area (Å²) in [6, 6.07) is 4.54. The van der Waals surface area contributed by atoms with Crippen molar-refractivity contribution < 1.29 is 8.78 Å². The number of hydrogen-bond acceptors (Lipinski definition) is 9. The van der Waals surface area contributed by atoms with Gasteiger partial charge >= 0.3 is 0 Å². The molecule has 2 atom stereocenters. The van der Waals surface area contributed by atoms with Gasteiger partial charge in [-0.25, -0.2) is 13.8 Å². The summed E-state index contributed by atoms with van der Waals surface area (Å²) in [6.07, 6.45) is 2.27. The highest BCUT2D eigenvalue weighted by atomic mass is 32.1. The van der Waals surface area contributed by atoms with Crippen LogP contribution in [0.2, 0.25) is 0 Å². The van der Waals surface area contributed by atoms with Crippen LogP contribution in [0, 0.1) is 31.1 Å². The van der Waals surface area contributed by atoms with Crippen LogP contribution in [0.5, 0.6) is 0 Å². The number of anilines is 3. The highest BCUT2D eigenvalue weighted by Crippen LogP contribution is 2.49. The SMILES string of the molecule is Cc1cc(Nc2ncc(C)c(N3CC(CC#N)(N4CCN(CC5CC5(F)F)C(C)C4)C3)n2)sn1. The average Bonchev–Trinajstić information content (AvgIpc) is 3.15. The minimum Gasteiger partial charge on any atom is -0.352 e. The second-order valence-corrected chi connectivity index (χ2v) is 10.8. The Morgan fingerprint density at radius 1 is 1.29 bits per heavy atom. The summed E-state index contributed by atoms with van der Waals surface area (Å²) in [4.78, 5) is 16.0. The predicted octanol–water partition coefficient (Wildman–Crippen LogP) is 3.43. The van der Waals surface area contributed by atoms with Crippen molar-refractivity contribution in [3.05, 3.63) is 23.5 Å². The molecule has 2 aromatic rings. The molecule has 3 aliphatic rings. The van der Waals surface area contributed by atoms with Gasteiger partial charge in [-0.1, -0.05) is 0 Å². The van der Waals surface area contributed by atoms with E-state index in [2.05, 4.69) is 42.4 Å². The van der Waals surface area contributed by atoms with Gasteiger partial charge in [0.05, 0.1) is 23.7 Å². The molecule has 8 nitrogen and oxygen atoms in total. The molecule has 3 fully saturated rings. The molecule has 2 aliphatic heterocycles. The number of hydrogen-bond donors (Lipinski definition) is 1. The van der Waals surface area contributed by atoms with E-state index in [4.69, 9.17) is 4.98 Å². The van der Waals surface area contributed by atoms with Gasteiger partial charge in [0.1, 0.15) is 10.8 Å². The fourth-order valence-electron chi connectivity index (χ4n) is 5.18. The molecule has 4 heterocycles. The first kappa shape index (κ1) is 23.3. The van der Waals surface area contributed by atoms with Gasteiger partial charge in [-0.2, -0.15) is 14.6 Å². The quantitative estimate of drug-likeness (QED) is 0.635. The van der Waals surface area contributed by atoms with E-state index in [1.807, 2.05) is 26.1 Å². The Balaban J connectivity index is 1.25. The van der Waals surface area contributed by atoms with E-state index >= 15 is 0 Å². The zero-order chi connectivity index (χ0) is 24.1. The lowest BCUT2D eigenvalue weighted by molar-refractivity contribution is -0.0152. The Hall–Kier alpha value is -2.42. The maximum Gasteiger partial charge on any atom is 0.252 e. The molecule has 0 bridgehead atoms. The summed E-state index contributed by atoms with van der Waals surface area (Å²) in [5, 5.41) is 13.7. The van der Waals surface area contributed by atoms with Crippen LogP contribution in [-0.4, -0.2) is 80.9 Å². The molecule has 11 heteroatoms. The Kier molecular flexibility index (Phi) is 5.94. The molecule has 1 saturated carbocycles. The van der Waals surface area contributed by atoms with Crippen LogP contribution in [0.3, 0.4) is 0 Å². The highest BCUT2D eigenvalue weighted by Gasteiger charge is 2.57. The van der Waals surface area contributed by atoms with Crippen molar-refractivity contribution in [3.8, 4) is 6.07 Å². The van der Waals surface area contributed by atoms with Gasteiger partial charge in [0.25, 0.3) is 5.92 Å². The first-order valence-electron chi connectivity index (χ1n) is 11.7. The molecule has 34 heavy (non-hydrogen) atoms. The smallest absolute Gasteiger partial charge is 0.252 e. The van der Waals surface area contributed by atoms with Gasteiger partial charge in [0.15, 0.2) is 0 Å². The molecule has 0 radical (unpaired) electrons. The minimum atomic E-state index is -2.48. The van der Waals surface area contributed by atoms with Gasteiger partial charge in [-0.15, -0.1) is 0 Å². The summed E-state index contributed by atoms with van der Waals surface area (Å²) in [6.45, 7) is 10.3. The van der Waals surface area contributed by atoms with E-state index in [0.29, 0.717) is 32.0 Å². The van der Waals surface area contributed by atoms with Crippen LogP contribution >= 0.6 is 11.5 Å². The van der Waals surface area contributed by atoms with Crippen LogP contribution in [0.4, 0.5) is 25.5 Å². The zero-order valence-electron chi connectivity index (χ0n) is 19.8. The third-order valence-corrected chi connectivity index (χ3v) is 8.13. The van der Waals surface area contributed by atoms with Crippen molar-refractivity contribution in [1.82, 2.24) is 24.1 Å². The van der Waals surface area contributed by atoms with E-state index in [1.54, 1.807) is 0 Å².